The lowest BCUT2D eigenvalue weighted by atomic mass is 10.1. The van der Waals surface area contributed by atoms with E-state index in [4.69, 9.17) is 9.84 Å². The minimum Gasteiger partial charge on any atom is -0.481 e. The Bertz CT molecular complexity index is 274. The van der Waals surface area contributed by atoms with Gasteiger partial charge in [-0.15, -0.1) is 0 Å². The second-order valence-corrected chi connectivity index (χ2v) is 6.34. The summed E-state index contributed by atoms with van der Waals surface area (Å²) >= 11 is 0. The first-order chi connectivity index (χ1) is 11.3. The number of unbranched alkanes of at least 4 members (excludes halogenated alkanes) is 10. The van der Waals surface area contributed by atoms with Crippen LogP contribution in [0, 0.1) is 0 Å². The Morgan fingerprint density at radius 2 is 1.30 bits per heavy atom. The molecule has 0 saturated heterocycles. The Labute approximate surface area is 143 Å². The summed E-state index contributed by atoms with van der Waals surface area (Å²) < 4.78 is 5.66. The van der Waals surface area contributed by atoms with Crippen LogP contribution in [0.1, 0.15) is 96.8 Å². The minimum absolute atomic E-state index is 0.283. The number of rotatable bonds is 18. The van der Waals surface area contributed by atoms with Gasteiger partial charge in [0.15, 0.2) is 0 Å². The van der Waals surface area contributed by atoms with Crippen molar-refractivity contribution in [2.75, 3.05) is 13.2 Å². The van der Waals surface area contributed by atoms with Crippen molar-refractivity contribution in [3.8, 4) is 0 Å². The highest BCUT2D eigenvalue weighted by Crippen LogP contribution is 2.07. The maximum absolute atomic E-state index is 10.3. The minimum atomic E-state index is -0.695. The van der Waals surface area contributed by atoms with Crippen LogP contribution < -0.4 is 0 Å². The van der Waals surface area contributed by atoms with Gasteiger partial charge in [0.05, 0.1) is 0 Å². The SMILES string of the molecule is CCCCCCCOCCCCCCCC=CCCCC(=O)O. The molecule has 3 nitrogen and oxygen atoms in total. The van der Waals surface area contributed by atoms with E-state index in [-0.39, 0.29) is 6.42 Å². The summed E-state index contributed by atoms with van der Waals surface area (Å²) in [6.07, 6.45) is 20.2. The molecule has 3 heteroatoms. The lowest BCUT2D eigenvalue weighted by Crippen LogP contribution is -1.97. The molecule has 0 aliphatic rings. The number of aliphatic carboxylic acids is 1. The third kappa shape index (κ3) is 21.2. The van der Waals surface area contributed by atoms with Crippen molar-refractivity contribution >= 4 is 5.97 Å². The van der Waals surface area contributed by atoms with Gasteiger partial charge in [0.2, 0.25) is 0 Å². The van der Waals surface area contributed by atoms with Gasteiger partial charge < -0.3 is 9.84 Å². The van der Waals surface area contributed by atoms with Gasteiger partial charge in [0.1, 0.15) is 0 Å². The first-order valence-corrected chi connectivity index (χ1v) is 9.72. The summed E-state index contributed by atoms with van der Waals surface area (Å²) in [4.78, 5) is 10.3. The molecule has 0 aromatic rings. The van der Waals surface area contributed by atoms with E-state index < -0.39 is 5.97 Å². The van der Waals surface area contributed by atoms with Crippen LogP contribution in [0.15, 0.2) is 12.2 Å². The second kappa shape index (κ2) is 19.2. The Kier molecular flexibility index (Phi) is 18.5. The number of carboxylic acids is 1. The second-order valence-electron chi connectivity index (χ2n) is 6.34. The van der Waals surface area contributed by atoms with Crippen molar-refractivity contribution in [3.63, 3.8) is 0 Å². The molecule has 0 aromatic heterocycles. The number of hydrogen-bond donors (Lipinski definition) is 1. The van der Waals surface area contributed by atoms with Gasteiger partial charge in [-0.3, -0.25) is 4.79 Å². The molecule has 0 aromatic carbocycles. The molecule has 0 fully saturated rings. The first kappa shape index (κ1) is 22.2. The van der Waals surface area contributed by atoms with Crippen molar-refractivity contribution < 1.29 is 14.6 Å². The number of carbonyl (C=O) groups is 1. The van der Waals surface area contributed by atoms with Crippen molar-refractivity contribution in [2.45, 2.75) is 96.8 Å². The van der Waals surface area contributed by atoms with Gasteiger partial charge in [-0.1, -0.05) is 64.0 Å². The number of hydrogen-bond acceptors (Lipinski definition) is 2. The summed E-state index contributed by atoms with van der Waals surface area (Å²) in [6, 6.07) is 0. The molecule has 0 aliphatic heterocycles. The molecule has 0 atom stereocenters. The molecule has 23 heavy (non-hydrogen) atoms. The van der Waals surface area contributed by atoms with Crippen LogP contribution >= 0.6 is 0 Å². The normalized spacial score (nSPS) is 11.3. The van der Waals surface area contributed by atoms with Crippen LogP contribution in [-0.2, 0) is 9.53 Å². The summed E-state index contributed by atoms with van der Waals surface area (Å²) in [5.74, 6) is -0.695. The van der Waals surface area contributed by atoms with E-state index in [0.29, 0.717) is 0 Å². The predicted molar refractivity (Wildman–Crippen MR) is 97.9 cm³/mol. The van der Waals surface area contributed by atoms with Crippen LogP contribution in [0.25, 0.3) is 0 Å². The number of carboxylic acid groups (broad SMARTS) is 1. The third-order valence-corrected chi connectivity index (χ3v) is 3.98. The van der Waals surface area contributed by atoms with Crippen LogP contribution in [-0.4, -0.2) is 24.3 Å². The average Bonchev–Trinajstić information content (AvgIpc) is 2.53. The molecule has 0 spiro atoms. The van der Waals surface area contributed by atoms with Gasteiger partial charge in [-0.25, -0.2) is 0 Å². The van der Waals surface area contributed by atoms with Crippen LogP contribution in [0.5, 0.6) is 0 Å². The van der Waals surface area contributed by atoms with E-state index in [9.17, 15) is 4.79 Å². The lowest BCUT2D eigenvalue weighted by Gasteiger charge is -2.04. The van der Waals surface area contributed by atoms with Gasteiger partial charge in [0.25, 0.3) is 0 Å². The zero-order valence-electron chi connectivity index (χ0n) is 15.2. The molecule has 0 rings (SSSR count). The van der Waals surface area contributed by atoms with Crippen molar-refractivity contribution in [2.24, 2.45) is 0 Å². The smallest absolute Gasteiger partial charge is 0.303 e. The van der Waals surface area contributed by atoms with Crippen LogP contribution in [0.2, 0.25) is 0 Å². The molecule has 0 unspecified atom stereocenters. The molecule has 0 amide bonds. The summed E-state index contributed by atoms with van der Waals surface area (Å²) in [7, 11) is 0. The fraction of sp³-hybridized carbons (Fsp3) is 0.850. The maximum Gasteiger partial charge on any atom is 0.303 e. The third-order valence-electron chi connectivity index (χ3n) is 3.98. The van der Waals surface area contributed by atoms with Crippen LogP contribution in [0.3, 0.4) is 0 Å². The maximum atomic E-state index is 10.3. The number of allylic oxidation sites excluding steroid dienone is 2. The van der Waals surface area contributed by atoms with Gasteiger partial charge in [-0.2, -0.15) is 0 Å². The fourth-order valence-corrected chi connectivity index (χ4v) is 2.51. The molecular formula is C20H38O3. The molecule has 0 radical (unpaired) electrons. The molecule has 0 aliphatic carbocycles. The highest BCUT2D eigenvalue weighted by Gasteiger charge is 1.94. The first-order valence-electron chi connectivity index (χ1n) is 9.72. The summed E-state index contributed by atoms with van der Waals surface area (Å²) in [5.41, 5.74) is 0. The van der Waals surface area contributed by atoms with Gasteiger partial charge in [0, 0.05) is 19.6 Å². The highest BCUT2D eigenvalue weighted by atomic mass is 16.5. The van der Waals surface area contributed by atoms with Crippen molar-refractivity contribution in [1.29, 1.82) is 0 Å². The average molecular weight is 327 g/mol. The van der Waals surface area contributed by atoms with E-state index in [2.05, 4.69) is 19.1 Å². The summed E-state index contributed by atoms with van der Waals surface area (Å²) in [5, 5.41) is 8.52. The largest absolute Gasteiger partial charge is 0.481 e. The van der Waals surface area contributed by atoms with E-state index in [0.717, 1.165) is 32.5 Å². The lowest BCUT2D eigenvalue weighted by molar-refractivity contribution is -0.137. The molecular weight excluding hydrogens is 288 g/mol. The molecule has 0 bridgehead atoms. The fourth-order valence-electron chi connectivity index (χ4n) is 2.51. The number of ether oxygens (including phenoxy) is 1. The highest BCUT2D eigenvalue weighted by molar-refractivity contribution is 5.66. The standard InChI is InChI=1S/C20H38O3/c1-2-3-4-12-15-18-23-19-16-13-10-8-6-5-7-9-11-14-17-20(21)22/h7,9H,2-6,8,10-19H2,1H3,(H,21,22). The molecule has 0 saturated carbocycles. The van der Waals surface area contributed by atoms with E-state index in [1.807, 2.05) is 0 Å². The van der Waals surface area contributed by atoms with E-state index in [1.165, 1.54) is 64.2 Å². The quantitative estimate of drug-likeness (QED) is 0.243. The monoisotopic (exact) mass is 326 g/mol. The van der Waals surface area contributed by atoms with Crippen LogP contribution in [0.4, 0.5) is 0 Å². The summed E-state index contributed by atoms with van der Waals surface area (Å²) in [6.45, 7) is 4.11. The predicted octanol–water partition coefficient (Wildman–Crippen LogP) is 6.13. The topological polar surface area (TPSA) is 46.5 Å². The Morgan fingerprint density at radius 3 is 1.91 bits per heavy atom. The van der Waals surface area contributed by atoms with Crippen molar-refractivity contribution in [3.05, 3.63) is 12.2 Å². The Hall–Kier alpha value is -0.830. The zero-order valence-corrected chi connectivity index (χ0v) is 15.2. The van der Waals surface area contributed by atoms with E-state index in [1.54, 1.807) is 0 Å². The van der Waals surface area contributed by atoms with Gasteiger partial charge in [-0.05, 0) is 38.5 Å². The van der Waals surface area contributed by atoms with Gasteiger partial charge >= 0.3 is 5.97 Å². The van der Waals surface area contributed by atoms with Crippen molar-refractivity contribution in [1.82, 2.24) is 0 Å². The molecule has 0 heterocycles. The Balaban J connectivity index is 3.05. The zero-order chi connectivity index (χ0) is 17.0. The molecule has 1 N–H and O–H groups in total. The van der Waals surface area contributed by atoms with E-state index >= 15 is 0 Å². The Morgan fingerprint density at radius 1 is 0.783 bits per heavy atom. The molecule has 136 valence electrons.